The topological polar surface area (TPSA) is 65.2 Å². The fourth-order valence-electron chi connectivity index (χ4n) is 1.30. The monoisotopic (exact) mass is 190 g/mol. The molecule has 0 fully saturated rings. The first-order valence-corrected chi connectivity index (χ1v) is 4.37. The standard InChI is InChI=1S/C10H10N2O2/c11-7-3-1-5-12-9(7)10(13)8-4-2-6-14-8/h1,3-5H,2,6,11H2. The minimum absolute atomic E-state index is 0.236. The van der Waals surface area contributed by atoms with E-state index in [0.29, 0.717) is 18.1 Å². The molecule has 4 nitrogen and oxygen atoms in total. The third kappa shape index (κ3) is 1.46. The van der Waals surface area contributed by atoms with Crippen molar-refractivity contribution in [2.75, 3.05) is 12.3 Å². The Balaban J connectivity index is 2.31. The number of ether oxygens (including phenoxy) is 1. The van der Waals surface area contributed by atoms with Crippen molar-refractivity contribution >= 4 is 11.5 Å². The summed E-state index contributed by atoms with van der Waals surface area (Å²) in [7, 11) is 0. The van der Waals surface area contributed by atoms with Crippen molar-refractivity contribution in [2.45, 2.75) is 6.42 Å². The van der Waals surface area contributed by atoms with Gasteiger partial charge in [-0.1, -0.05) is 0 Å². The van der Waals surface area contributed by atoms with Crippen molar-refractivity contribution < 1.29 is 9.53 Å². The first kappa shape index (κ1) is 8.74. The maximum absolute atomic E-state index is 11.7. The van der Waals surface area contributed by atoms with E-state index in [1.165, 1.54) is 0 Å². The zero-order chi connectivity index (χ0) is 9.97. The van der Waals surface area contributed by atoms with E-state index in [2.05, 4.69) is 4.98 Å². The molecule has 0 saturated heterocycles. The third-order valence-electron chi connectivity index (χ3n) is 1.98. The lowest BCUT2D eigenvalue weighted by Crippen LogP contribution is -2.09. The lowest BCUT2D eigenvalue weighted by atomic mass is 10.2. The normalized spacial score (nSPS) is 14.7. The van der Waals surface area contributed by atoms with Gasteiger partial charge in [0.1, 0.15) is 5.69 Å². The summed E-state index contributed by atoms with van der Waals surface area (Å²) in [5, 5.41) is 0. The number of anilines is 1. The van der Waals surface area contributed by atoms with Gasteiger partial charge in [-0.15, -0.1) is 0 Å². The molecule has 1 aliphatic heterocycles. The van der Waals surface area contributed by atoms with Gasteiger partial charge in [0.15, 0.2) is 5.76 Å². The Morgan fingerprint density at radius 1 is 1.57 bits per heavy atom. The van der Waals surface area contributed by atoms with E-state index < -0.39 is 0 Å². The molecule has 2 heterocycles. The van der Waals surface area contributed by atoms with Crippen molar-refractivity contribution in [3.63, 3.8) is 0 Å². The number of nitrogens with two attached hydrogens (primary N) is 1. The van der Waals surface area contributed by atoms with Crippen LogP contribution in [-0.2, 0) is 4.74 Å². The molecule has 0 saturated carbocycles. The highest BCUT2D eigenvalue weighted by molar-refractivity contribution is 6.09. The van der Waals surface area contributed by atoms with Crippen LogP contribution in [0.3, 0.4) is 0 Å². The van der Waals surface area contributed by atoms with Gasteiger partial charge in [0.2, 0.25) is 5.78 Å². The number of hydrogen-bond donors (Lipinski definition) is 1. The van der Waals surface area contributed by atoms with E-state index >= 15 is 0 Å². The number of hydrogen-bond acceptors (Lipinski definition) is 4. The fourth-order valence-corrected chi connectivity index (χ4v) is 1.30. The molecular weight excluding hydrogens is 180 g/mol. The second kappa shape index (κ2) is 3.49. The minimum atomic E-state index is -0.236. The number of carbonyl (C=O) groups is 1. The van der Waals surface area contributed by atoms with Crippen LogP contribution in [0.1, 0.15) is 16.9 Å². The number of pyridine rings is 1. The predicted octanol–water partition coefficient (Wildman–Crippen LogP) is 1.15. The van der Waals surface area contributed by atoms with Gasteiger partial charge in [0.25, 0.3) is 0 Å². The second-order valence-corrected chi connectivity index (χ2v) is 2.98. The molecule has 1 aromatic heterocycles. The molecule has 0 bridgehead atoms. The molecular formula is C10H10N2O2. The van der Waals surface area contributed by atoms with Gasteiger partial charge in [-0.05, 0) is 18.2 Å². The Hall–Kier alpha value is -1.84. The molecule has 1 aromatic rings. The van der Waals surface area contributed by atoms with Gasteiger partial charge >= 0.3 is 0 Å². The molecule has 0 atom stereocenters. The van der Waals surface area contributed by atoms with Crippen molar-refractivity contribution in [2.24, 2.45) is 0 Å². The molecule has 0 unspecified atom stereocenters. The Morgan fingerprint density at radius 3 is 3.07 bits per heavy atom. The predicted molar refractivity (Wildman–Crippen MR) is 51.6 cm³/mol. The number of nitrogens with zero attached hydrogens (tertiary/aromatic N) is 1. The molecule has 72 valence electrons. The lowest BCUT2D eigenvalue weighted by Gasteiger charge is -2.03. The van der Waals surface area contributed by atoms with Crippen molar-refractivity contribution in [3.05, 3.63) is 35.9 Å². The smallest absolute Gasteiger partial charge is 0.247 e. The number of carbonyl (C=O) groups excluding carboxylic acids is 1. The van der Waals surface area contributed by atoms with Gasteiger partial charge in [-0.2, -0.15) is 0 Å². The highest BCUT2D eigenvalue weighted by Crippen LogP contribution is 2.17. The molecule has 2 N–H and O–H groups in total. The molecule has 2 rings (SSSR count). The van der Waals surface area contributed by atoms with E-state index in [1.54, 1.807) is 24.4 Å². The summed E-state index contributed by atoms with van der Waals surface area (Å²) in [5.41, 5.74) is 6.27. The highest BCUT2D eigenvalue weighted by atomic mass is 16.5. The highest BCUT2D eigenvalue weighted by Gasteiger charge is 2.19. The minimum Gasteiger partial charge on any atom is -0.489 e. The van der Waals surface area contributed by atoms with Gasteiger partial charge in [0, 0.05) is 12.6 Å². The molecule has 14 heavy (non-hydrogen) atoms. The number of rotatable bonds is 2. The van der Waals surface area contributed by atoms with Crippen LogP contribution in [0.4, 0.5) is 5.69 Å². The van der Waals surface area contributed by atoms with Gasteiger partial charge in [-0.25, -0.2) is 0 Å². The Morgan fingerprint density at radius 2 is 2.43 bits per heavy atom. The van der Waals surface area contributed by atoms with E-state index in [0.717, 1.165) is 6.42 Å². The Kier molecular flexibility index (Phi) is 2.18. The van der Waals surface area contributed by atoms with Crippen LogP contribution in [0.15, 0.2) is 30.2 Å². The number of nitrogen functional groups attached to an aromatic ring is 1. The van der Waals surface area contributed by atoms with Crippen LogP contribution in [-0.4, -0.2) is 17.4 Å². The molecule has 1 aliphatic rings. The Bertz CT molecular complexity index is 399. The van der Waals surface area contributed by atoms with Crippen molar-refractivity contribution in [3.8, 4) is 0 Å². The third-order valence-corrected chi connectivity index (χ3v) is 1.98. The van der Waals surface area contributed by atoms with Crippen LogP contribution < -0.4 is 5.73 Å². The average Bonchev–Trinajstić information content (AvgIpc) is 2.70. The fraction of sp³-hybridized carbons (Fsp3) is 0.200. The quantitative estimate of drug-likeness (QED) is 0.710. The zero-order valence-electron chi connectivity index (χ0n) is 7.56. The largest absolute Gasteiger partial charge is 0.489 e. The summed E-state index contributed by atoms with van der Waals surface area (Å²) in [5.74, 6) is 0.121. The lowest BCUT2D eigenvalue weighted by molar-refractivity contribution is 0.0938. The van der Waals surface area contributed by atoms with E-state index in [1.807, 2.05) is 0 Å². The van der Waals surface area contributed by atoms with Crippen LogP contribution in [0.2, 0.25) is 0 Å². The molecule has 0 aliphatic carbocycles. The van der Waals surface area contributed by atoms with Gasteiger partial charge < -0.3 is 10.5 Å². The number of Topliss-reactive ketones (excluding diaryl/α,β-unsaturated/α-hetero) is 1. The maximum Gasteiger partial charge on any atom is 0.247 e. The summed E-state index contributed by atoms with van der Waals surface area (Å²) < 4.78 is 5.14. The number of aromatic nitrogens is 1. The molecule has 0 aromatic carbocycles. The van der Waals surface area contributed by atoms with Crippen molar-refractivity contribution in [1.82, 2.24) is 4.98 Å². The van der Waals surface area contributed by atoms with E-state index in [4.69, 9.17) is 10.5 Å². The summed E-state index contributed by atoms with van der Waals surface area (Å²) in [4.78, 5) is 15.7. The second-order valence-electron chi connectivity index (χ2n) is 2.98. The molecule has 0 spiro atoms. The van der Waals surface area contributed by atoms with Gasteiger partial charge in [-0.3, -0.25) is 9.78 Å². The first-order valence-electron chi connectivity index (χ1n) is 4.37. The Labute approximate surface area is 81.4 Å². The summed E-state index contributed by atoms with van der Waals surface area (Å²) in [6, 6.07) is 3.34. The summed E-state index contributed by atoms with van der Waals surface area (Å²) in [6.07, 6.45) is 4.07. The first-order chi connectivity index (χ1) is 6.79. The molecule has 0 amide bonds. The molecule has 0 radical (unpaired) electrons. The summed E-state index contributed by atoms with van der Waals surface area (Å²) in [6.45, 7) is 0.563. The van der Waals surface area contributed by atoms with Crippen molar-refractivity contribution in [1.29, 1.82) is 0 Å². The maximum atomic E-state index is 11.7. The zero-order valence-corrected chi connectivity index (χ0v) is 7.56. The summed E-state index contributed by atoms with van der Waals surface area (Å²) >= 11 is 0. The SMILES string of the molecule is Nc1cccnc1C(=O)C1=CCCO1. The van der Waals surface area contributed by atoms with Crippen LogP contribution in [0.5, 0.6) is 0 Å². The van der Waals surface area contributed by atoms with Crippen LogP contribution in [0.25, 0.3) is 0 Å². The average molecular weight is 190 g/mol. The van der Waals surface area contributed by atoms with Gasteiger partial charge in [0.05, 0.1) is 12.3 Å². The molecule has 4 heteroatoms. The van der Waals surface area contributed by atoms with E-state index in [9.17, 15) is 4.79 Å². The van der Waals surface area contributed by atoms with Crippen LogP contribution in [0, 0.1) is 0 Å². The number of ketones is 1. The van der Waals surface area contributed by atoms with Crippen LogP contribution >= 0.6 is 0 Å². The van der Waals surface area contributed by atoms with E-state index in [-0.39, 0.29) is 11.5 Å². The number of allylic oxidation sites excluding steroid dienone is 1.